The Morgan fingerprint density at radius 3 is 2.71 bits per heavy atom. The molecule has 0 bridgehead atoms. The van der Waals surface area contributed by atoms with Crippen LogP contribution >= 0.6 is 12.6 Å². The van der Waals surface area contributed by atoms with Crippen LogP contribution in [-0.4, -0.2) is 18.3 Å². The summed E-state index contributed by atoms with van der Waals surface area (Å²) in [4.78, 5) is 0. The van der Waals surface area contributed by atoms with E-state index in [0.29, 0.717) is 5.25 Å². The van der Waals surface area contributed by atoms with Crippen molar-refractivity contribution in [2.24, 2.45) is 0 Å². The van der Waals surface area contributed by atoms with Gasteiger partial charge < -0.3 is 5.32 Å². The molecule has 0 aromatic rings. The van der Waals surface area contributed by atoms with E-state index in [-0.39, 0.29) is 0 Å². The van der Waals surface area contributed by atoms with Crippen LogP contribution in [0.3, 0.4) is 0 Å². The molecule has 1 aliphatic rings. The molecular weight excluding hydrogens is 106 g/mol. The van der Waals surface area contributed by atoms with Crippen LogP contribution in [0, 0.1) is 0 Å². The van der Waals surface area contributed by atoms with Gasteiger partial charge in [0.1, 0.15) is 0 Å². The molecule has 0 amide bonds. The summed E-state index contributed by atoms with van der Waals surface area (Å²) in [5, 5.41) is 3.88. The maximum absolute atomic E-state index is 4.30. The standard InChI is InChI=1S/C5H11NS/c7-5-2-1-3-6-4-5/h5-7H,1-4H2/t5-/m0/s1. The van der Waals surface area contributed by atoms with Gasteiger partial charge in [-0.2, -0.15) is 12.6 Å². The van der Waals surface area contributed by atoms with Crippen molar-refractivity contribution in [3.63, 3.8) is 0 Å². The average Bonchev–Trinajstić information content (AvgIpc) is 1.69. The molecule has 0 saturated carbocycles. The van der Waals surface area contributed by atoms with Gasteiger partial charge in [-0.05, 0) is 19.4 Å². The lowest BCUT2D eigenvalue weighted by molar-refractivity contribution is 0.533. The summed E-state index contributed by atoms with van der Waals surface area (Å²) < 4.78 is 0. The highest BCUT2D eigenvalue weighted by molar-refractivity contribution is 7.81. The zero-order valence-corrected chi connectivity index (χ0v) is 5.25. The largest absolute Gasteiger partial charge is 0.316 e. The lowest BCUT2D eigenvalue weighted by Crippen LogP contribution is -2.29. The second-order valence-corrected chi connectivity index (χ2v) is 2.73. The monoisotopic (exact) mass is 117 g/mol. The summed E-state index contributed by atoms with van der Waals surface area (Å²) in [5.74, 6) is 0. The van der Waals surface area contributed by atoms with Gasteiger partial charge in [0.2, 0.25) is 0 Å². The first-order valence-electron chi connectivity index (χ1n) is 2.78. The van der Waals surface area contributed by atoms with Crippen LogP contribution in [0.15, 0.2) is 0 Å². The summed E-state index contributed by atoms with van der Waals surface area (Å²) in [6.45, 7) is 2.29. The first-order valence-corrected chi connectivity index (χ1v) is 3.30. The lowest BCUT2D eigenvalue weighted by atomic mass is 10.2. The van der Waals surface area contributed by atoms with Crippen molar-refractivity contribution in [3.8, 4) is 0 Å². The number of rotatable bonds is 0. The van der Waals surface area contributed by atoms with Crippen molar-refractivity contribution in [2.45, 2.75) is 18.1 Å². The van der Waals surface area contributed by atoms with Gasteiger partial charge in [0, 0.05) is 11.8 Å². The van der Waals surface area contributed by atoms with Gasteiger partial charge in [0.05, 0.1) is 0 Å². The third-order valence-corrected chi connectivity index (χ3v) is 1.71. The van der Waals surface area contributed by atoms with E-state index in [1.165, 1.54) is 19.4 Å². The van der Waals surface area contributed by atoms with Crippen LogP contribution in [0.2, 0.25) is 0 Å². The van der Waals surface area contributed by atoms with Crippen LogP contribution < -0.4 is 5.32 Å². The molecule has 0 aromatic carbocycles. The number of nitrogens with one attached hydrogen (secondary N) is 1. The highest BCUT2D eigenvalue weighted by Crippen LogP contribution is 2.06. The highest BCUT2D eigenvalue weighted by Gasteiger charge is 2.05. The summed E-state index contributed by atoms with van der Waals surface area (Å²) in [6, 6.07) is 0. The third kappa shape index (κ3) is 1.70. The van der Waals surface area contributed by atoms with E-state index < -0.39 is 0 Å². The second kappa shape index (κ2) is 2.58. The molecule has 0 radical (unpaired) electrons. The van der Waals surface area contributed by atoms with Gasteiger partial charge in [-0.1, -0.05) is 0 Å². The van der Waals surface area contributed by atoms with Crippen molar-refractivity contribution < 1.29 is 0 Å². The van der Waals surface area contributed by atoms with Crippen LogP contribution in [0.1, 0.15) is 12.8 Å². The molecule has 1 heterocycles. The molecule has 0 unspecified atom stereocenters. The fourth-order valence-electron chi connectivity index (χ4n) is 0.833. The van der Waals surface area contributed by atoms with Gasteiger partial charge >= 0.3 is 0 Å². The van der Waals surface area contributed by atoms with E-state index in [2.05, 4.69) is 17.9 Å². The summed E-state index contributed by atoms with van der Waals surface area (Å²) in [7, 11) is 0. The minimum atomic E-state index is 0.619. The molecule has 1 rings (SSSR count). The molecule has 1 fully saturated rings. The Morgan fingerprint density at radius 1 is 1.57 bits per heavy atom. The molecule has 1 atom stereocenters. The molecule has 2 heteroatoms. The van der Waals surface area contributed by atoms with Crippen LogP contribution in [0.5, 0.6) is 0 Å². The number of piperidine rings is 1. The van der Waals surface area contributed by atoms with Crippen molar-refractivity contribution in [3.05, 3.63) is 0 Å². The van der Waals surface area contributed by atoms with Crippen molar-refractivity contribution in [2.75, 3.05) is 13.1 Å². The minimum absolute atomic E-state index is 0.619. The molecule has 0 aliphatic carbocycles. The SMILES string of the molecule is S[C@H]1CCCNC1. The lowest BCUT2D eigenvalue weighted by Gasteiger charge is -2.16. The Labute approximate surface area is 49.9 Å². The molecule has 1 N–H and O–H groups in total. The Balaban J connectivity index is 2.12. The molecule has 42 valence electrons. The summed E-state index contributed by atoms with van der Waals surface area (Å²) in [6.07, 6.45) is 2.59. The molecule has 1 aliphatic heterocycles. The normalized spacial score (nSPS) is 33.0. The quantitative estimate of drug-likeness (QED) is 0.444. The van der Waals surface area contributed by atoms with Gasteiger partial charge in [0.25, 0.3) is 0 Å². The van der Waals surface area contributed by atoms with E-state index in [9.17, 15) is 0 Å². The predicted octanol–water partition coefficient (Wildman–Crippen LogP) is 0.668. The van der Waals surface area contributed by atoms with E-state index in [4.69, 9.17) is 0 Å². The number of thiol groups is 1. The van der Waals surface area contributed by atoms with Crippen molar-refractivity contribution in [1.29, 1.82) is 0 Å². The van der Waals surface area contributed by atoms with Crippen molar-refractivity contribution >= 4 is 12.6 Å². The van der Waals surface area contributed by atoms with Crippen LogP contribution in [0.25, 0.3) is 0 Å². The molecule has 0 spiro atoms. The van der Waals surface area contributed by atoms with E-state index >= 15 is 0 Å². The van der Waals surface area contributed by atoms with Gasteiger partial charge in [0.15, 0.2) is 0 Å². The van der Waals surface area contributed by atoms with Gasteiger partial charge in [-0.3, -0.25) is 0 Å². The summed E-state index contributed by atoms with van der Waals surface area (Å²) in [5.41, 5.74) is 0. The number of hydrogen-bond acceptors (Lipinski definition) is 2. The van der Waals surface area contributed by atoms with E-state index in [1.807, 2.05) is 0 Å². The summed E-state index contributed by atoms with van der Waals surface area (Å²) >= 11 is 4.30. The molecular formula is C5H11NS. The maximum atomic E-state index is 4.30. The van der Waals surface area contributed by atoms with Crippen LogP contribution in [0.4, 0.5) is 0 Å². The van der Waals surface area contributed by atoms with Crippen LogP contribution in [-0.2, 0) is 0 Å². The Kier molecular flexibility index (Phi) is 2.00. The number of hydrogen-bond donors (Lipinski definition) is 2. The fourth-order valence-corrected chi connectivity index (χ4v) is 1.15. The maximum Gasteiger partial charge on any atom is 0.0142 e. The van der Waals surface area contributed by atoms with Gasteiger partial charge in [-0.15, -0.1) is 0 Å². The zero-order chi connectivity index (χ0) is 5.11. The first kappa shape index (κ1) is 5.45. The predicted molar refractivity (Wildman–Crippen MR) is 34.9 cm³/mol. The third-order valence-electron chi connectivity index (χ3n) is 1.27. The van der Waals surface area contributed by atoms with E-state index in [0.717, 1.165) is 6.54 Å². The van der Waals surface area contributed by atoms with E-state index in [1.54, 1.807) is 0 Å². The minimum Gasteiger partial charge on any atom is -0.316 e. The highest BCUT2D eigenvalue weighted by atomic mass is 32.1. The fraction of sp³-hybridized carbons (Fsp3) is 1.00. The molecule has 1 nitrogen and oxygen atoms in total. The average molecular weight is 117 g/mol. The first-order chi connectivity index (χ1) is 3.39. The van der Waals surface area contributed by atoms with Gasteiger partial charge in [-0.25, -0.2) is 0 Å². The molecule has 0 aromatic heterocycles. The Bertz CT molecular complexity index is 50.0. The van der Waals surface area contributed by atoms with Crippen molar-refractivity contribution in [1.82, 2.24) is 5.32 Å². The zero-order valence-electron chi connectivity index (χ0n) is 4.35. The molecule has 1 saturated heterocycles. The topological polar surface area (TPSA) is 12.0 Å². The molecule has 7 heavy (non-hydrogen) atoms. The Morgan fingerprint density at radius 2 is 2.43 bits per heavy atom. The smallest absolute Gasteiger partial charge is 0.0142 e. The second-order valence-electron chi connectivity index (χ2n) is 2.00. The Hall–Kier alpha value is 0.310.